The van der Waals surface area contributed by atoms with Crippen LogP contribution in [0.2, 0.25) is 0 Å². The molecule has 0 saturated heterocycles. The maximum atomic E-state index is 3.80. The maximum absolute atomic E-state index is 3.80. The molecule has 0 radical (unpaired) electrons. The van der Waals surface area contributed by atoms with Crippen molar-refractivity contribution >= 4 is 11.8 Å². The monoisotopic (exact) mass is 198 g/mol. The highest BCUT2D eigenvalue weighted by molar-refractivity contribution is 7.98. The summed E-state index contributed by atoms with van der Waals surface area (Å²) in [6.07, 6.45) is 1.90. The van der Waals surface area contributed by atoms with E-state index in [1.807, 2.05) is 6.26 Å². The van der Waals surface area contributed by atoms with E-state index in [1.54, 1.807) is 4.68 Å². The highest BCUT2D eigenvalue weighted by Crippen LogP contribution is 2.08. The van der Waals surface area contributed by atoms with E-state index in [4.69, 9.17) is 0 Å². The van der Waals surface area contributed by atoms with Crippen LogP contribution in [0, 0.1) is 0 Å². The lowest BCUT2D eigenvalue weighted by atomic mass is 10.6. The molecule has 2 heterocycles. The lowest BCUT2D eigenvalue weighted by molar-refractivity contribution is 0.583. The van der Waals surface area contributed by atoms with Gasteiger partial charge in [-0.15, -0.1) is 10.2 Å². The number of hydrogen-bond donors (Lipinski definition) is 1. The third-order valence-corrected chi connectivity index (χ3v) is 2.03. The van der Waals surface area contributed by atoms with E-state index in [-0.39, 0.29) is 0 Å². The van der Waals surface area contributed by atoms with Crippen molar-refractivity contribution in [3.8, 4) is 0 Å². The Morgan fingerprint density at radius 1 is 1.38 bits per heavy atom. The van der Waals surface area contributed by atoms with Crippen molar-refractivity contribution in [2.45, 2.75) is 11.7 Å². The quantitative estimate of drug-likeness (QED) is 0.628. The minimum Gasteiger partial charge on any atom is -0.241 e. The molecule has 13 heavy (non-hydrogen) atoms. The fourth-order valence-electron chi connectivity index (χ4n) is 0.829. The molecule has 0 aliphatic carbocycles. The van der Waals surface area contributed by atoms with Crippen molar-refractivity contribution in [3.05, 3.63) is 5.82 Å². The Bertz CT molecular complexity index is 365. The van der Waals surface area contributed by atoms with Gasteiger partial charge in [0.05, 0.1) is 0 Å². The van der Waals surface area contributed by atoms with E-state index < -0.39 is 0 Å². The summed E-state index contributed by atoms with van der Waals surface area (Å²) in [6, 6.07) is 0. The molecule has 1 N–H and O–H groups in total. The van der Waals surface area contributed by atoms with Gasteiger partial charge in [0.15, 0.2) is 5.82 Å². The zero-order valence-corrected chi connectivity index (χ0v) is 7.56. The number of H-pyrrole nitrogens is 1. The van der Waals surface area contributed by atoms with Crippen molar-refractivity contribution in [2.24, 2.45) is 0 Å². The Morgan fingerprint density at radius 3 is 3.00 bits per heavy atom. The van der Waals surface area contributed by atoms with E-state index in [1.165, 1.54) is 11.8 Å². The van der Waals surface area contributed by atoms with E-state index in [9.17, 15) is 0 Å². The first-order chi connectivity index (χ1) is 6.40. The predicted molar refractivity (Wildman–Crippen MR) is 42.9 cm³/mol. The van der Waals surface area contributed by atoms with Crippen molar-refractivity contribution in [3.63, 3.8) is 0 Å². The van der Waals surface area contributed by atoms with Gasteiger partial charge in [-0.2, -0.15) is 0 Å². The van der Waals surface area contributed by atoms with Crippen LogP contribution in [0.4, 0.5) is 0 Å². The molecule has 0 saturated carbocycles. The topological polar surface area (TPSA) is 98.1 Å². The summed E-state index contributed by atoms with van der Waals surface area (Å²) in [5.74, 6) is 0.627. The number of nitrogens with zero attached hydrogens (tertiary/aromatic N) is 7. The van der Waals surface area contributed by atoms with Gasteiger partial charge in [0.2, 0.25) is 5.16 Å². The second-order valence-corrected chi connectivity index (χ2v) is 2.94. The van der Waals surface area contributed by atoms with Crippen LogP contribution >= 0.6 is 11.8 Å². The molecule has 0 spiro atoms. The summed E-state index contributed by atoms with van der Waals surface area (Å²) < 4.78 is 1.62. The molecule has 2 aromatic heterocycles. The highest BCUT2D eigenvalue weighted by atomic mass is 32.2. The first kappa shape index (κ1) is 8.10. The summed E-state index contributed by atoms with van der Waals surface area (Å²) in [5.41, 5.74) is 0. The Kier molecular flexibility index (Phi) is 2.17. The van der Waals surface area contributed by atoms with Crippen LogP contribution in [-0.4, -0.2) is 47.1 Å². The van der Waals surface area contributed by atoms with Gasteiger partial charge in [-0.05, 0) is 27.1 Å². The number of tetrazole rings is 2. The van der Waals surface area contributed by atoms with Crippen molar-refractivity contribution < 1.29 is 0 Å². The highest BCUT2D eigenvalue weighted by Gasteiger charge is 2.06. The largest absolute Gasteiger partial charge is 0.241 e. The molecule has 0 aliphatic rings. The molecule has 9 heteroatoms. The lowest BCUT2D eigenvalue weighted by Gasteiger charge is -1.96. The normalized spacial score (nSPS) is 10.5. The molecule has 0 bridgehead atoms. The van der Waals surface area contributed by atoms with E-state index in [2.05, 4.69) is 36.1 Å². The summed E-state index contributed by atoms with van der Waals surface area (Å²) in [5, 5.41) is 25.1. The van der Waals surface area contributed by atoms with Gasteiger partial charge in [-0.1, -0.05) is 11.8 Å². The number of hydrogen-bond acceptors (Lipinski definition) is 7. The third-order valence-electron chi connectivity index (χ3n) is 1.37. The van der Waals surface area contributed by atoms with Gasteiger partial charge in [-0.25, -0.2) is 9.78 Å². The minimum atomic E-state index is 0.455. The van der Waals surface area contributed by atoms with Crippen LogP contribution in [0.1, 0.15) is 5.82 Å². The van der Waals surface area contributed by atoms with Crippen LogP contribution in [0.5, 0.6) is 0 Å². The van der Waals surface area contributed by atoms with Gasteiger partial charge in [-0.3, -0.25) is 0 Å². The molecule has 2 aromatic rings. The second-order valence-electron chi connectivity index (χ2n) is 2.17. The van der Waals surface area contributed by atoms with Gasteiger partial charge < -0.3 is 0 Å². The Balaban J connectivity index is 2.18. The van der Waals surface area contributed by atoms with Crippen LogP contribution in [0.25, 0.3) is 0 Å². The zero-order valence-electron chi connectivity index (χ0n) is 6.75. The Labute approximate surface area is 77.1 Å². The summed E-state index contributed by atoms with van der Waals surface area (Å²) in [7, 11) is 0. The molecule has 0 amide bonds. The van der Waals surface area contributed by atoms with Crippen molar-refractivity contribution in [2.75, 3.05) is 6.26 Å². The van der Waals surface area contributed by atoms with Gasteiger partial charge in [0, 0.05) is 0 Å². The summed E-state index contributed by atoms with van der Waals surface area (Å²) in [4.78, 5) is 0. The molecule has 0 fully saturated rings. The summed E-state index contributed by atoms with van der Waals surface area (Å²) in [6.45, 7) is 0.455. The van der Waals surface area contributed by atoms with Gasteiger partial charge in [0.1, 0.15) is 6.54 Å². The fourth-order valence-corrected chi connectivity index (χ4v) is 1.26. The van der Waals surface area contributed by atoms with Crippen LogP contribution < -0.4 is 0 Å². The van der Waals surface area contributed by atoms with E-state index in [0.717, 1.165) is 5.16 Å². The predicted octanol–water partition coefficient (Wildman–Crippen LogP) is -1.04. The van der Waals surface area contributed by atoms with Gasteiger partial charge in [0.25, 0.3) is 0 Å². The number of thioether (sulfide) groups is 1. The molecule has 2 rings (SSSR count). The van der Waals surface area contributed by atoms with Crippen LogP contribution in [-0.2, 0) is 6.54 Å². The van der Waals surface area contributed by atoms with Crippen LogP contribution in [0.3, 0.4) is 0 Å². The Morgan fingerprint density at radius 2 is 2.31 bits per heavy atom. The average Bonchev–Trinajstić information content (AvgIpc) is 2.76. The third kappa shape index (κ3) is 1.64. The van der Waals surface area contributed by atoms with Crippen molar-refractivity contribution in [1.29, 1.82) is 0 Å². The first-order valence-corrected chi connectivity index (χ1v) is 4.65. The molecule has 8 nitrogen and oxygen atoms in total. The molecule has 0 unspecified atom stereocenters. The smallest absolute Gasteiger partial charge is 0.209 e. The minimum absolute atomic E-state index is 0.455. The second kappa shape index (κ2) is 3.47. The fraction of sp³-hybridized carbons (Fsp3) is 0.500. The average molecular weight is 198 g/mol. The maximum Gasteiger partial charge on any atom is 0.209 e. The van der Waals surface area contributed by atoms with Crippen LogP contribution in [0.15, 0.2) is 5.16 Å². The van der Waals surface area contributed by atoms with Gasteiger partial charge >= 0.3 is 0 Å². The molecule has 0 aromatic carbocycles. The molecule has 68 valence electrons. The standard InChI is InChI=1S/C4H6N8S/c1-13-4-7-10-11-12(4)2-3-5-8-9-6-3/h2H2,1H3,(H,5,6,8,9). The molecular formula is C4H6N8S. The number of nitrogens with one attached hydrogen (secondary N) is 1. The van der Waals surface area contributed by atoms with Crippen molar-refractivity contribution in [1.82, 2.24) is 40.8 Å². The lowest BCUT2D eigenvalue weighted by Crippen LogP contribution is -2.05. The SMILES string of the molecule is CSc1nnnn1Cc1nnn[nH]1. The zero-order chi connectivity index (χ0) is 9.10. The van der Waals surface area contributed by atoms with E-state index >= 15 is 0 Å². The first-order valence-electron chi connectivity index (χ1n) is 3.43. The molecular weight excluding hydrogens is 192 g/mol. The van der Waals surface area contributed by atoms with E-state index in [0.29, 0.717) is 12.4 Å². The number of aromatic nitrogens is 8. The molecule has 0 aliphatic heterocycles. The number of rotatable bonds is 3. The number of aromatic amines is 1. The molecule has 0 atom stereocenters. The summed E-state index contributed by atoms with van der Waals surface area (Å²) >= 11 is 1.47. The Hall–Kier alpha value is -1.51.